The molecule has 3 nitrogen and oxygen atoms in total. The Morgan fingerprint density at radius 3 is 2.14 bits per heavy atom. The molecule has 29 heavy (non-hydrogen) atoms. The van der Waals surface area contributed by atoms with Crippen LogP contribution in [-0.4, -0.2) is 41.1 Å². The number of alkyl halides is 6. The number of hydrogen-bond donors (Lipinski definition) is 0. The van der Waals surface area contributed by atoms with Crippen molar-refractivity contribution in [2.45, 2.75) is 18.8 Å². The van der Waals surface area contributed by atoms with Gasteiger partial charge in [-0.25, -0.2) is 0 Å². The third-order valence-electron chi connectivity index (χ3n) is 4.65. The summed E-state index contributed by atoms with van der Waals surface area (Å²) in [7, 11) is 0. The Hall–Kier alpha value is -2.36. The van der Waals surface area contributed by atoms with Crippen molar-refractivity contribution in [3.63, 3.8) is 0 Å². The van der Waals surface area contributed by atoms with Crippen LogP contribution in [0.25, 0.3) is 0 Å². The molecule has 1 aliphatic heterocycles. The summed E-state index contributed by atoms with van der Waals surface area (Å²) in [6, 6.07) is 7.01. The van der Waals surface area contributed by atoms with Gasteiger partial charge >= 0.3 is 12.4 Å². The maximum absolute atomic E-state index is 12.9. The summed E-state index contributed by atoms with van der Waals surface area (Å²) in [5, 5.41) is 0. The first-order valence-electron chi connectivity index (χ1n) is 8.76. The van der Waals surface area contributed by atoms with E-state index in [1.165, 1.54) is 6.07 Å². The number of rotatable bonds is 3. The molecule has 156 valence electrons. The molecule has 0 spiro atoms. The van der Waals surface area contributed by atoms with Gasteiger partial charge in [0.05, 0.1) is 16.1 Å². The van der Waals surface area contributed by atoms with E-state index in [0.717, 1.165) is 30.5 Å². The van der Waals surface area contributed by atoms with Crippen LogP contribution in [0.5, 0.6) is 0 Å². The normalized spacial score (nSPS) is 15.5. The number of piperazine rings is 1. The number of pyridine rings is 1. The molecule has 1 aliphatic rings. The van der Waals surface area contributed by atoms with Crippen molar-refractivity contribution in [2.24, 2.45) is 0 Å². The molecule has 0 amide bonds. The van der Waals surface area contributed by atoms with Gasteiger partial charge in [-0.05, 0) is 30.3 Å². The van der Waals surface area contributed by atoms with Crippen LogP contribution >= 0.6 is 12.2 Å². The van der Waals surface area contributed by atoms with Crippen molar-refractivity contribution in [1.82, 2.24) is 9.88 Å². The average Bonchev–Trinajstić information content (AvgIpc) is 2.67. The molecule has 0 unspecified atom stereocenters. The predicted molar refractivity (Wildman–Crippen MR) is 101 cm³/mol. The Morgan fingerprint density at radius 2 is 1.52 bits per heavy atom. The van der Waals surface area contributed by atoms with Crippen LogP contribution < -0.4 is 4.90 Å². The van der Waals surface area contributed by atoms with Gasteiger partial charge in [0.1, 0.15) is 0 Å². The zero-order valence-electron chi connectivity index (χ0n) is 15.1. The van der Waals surface area contributed by atoms with Crippen LogP contribution in [0.15, 0.2) is 42.6 Å². The summed E-state index contributed by atoms with van der Waals surface area (Å²) in [5.41, 5.74) is -0.779. The smallest absolute Gasteiger partial charge is 0.368 e. The van der Waals surface area contributed by atoms with Crippen molar-refractivity contribution in [3.8, 4) is 0 Å². The van der Waals surface area contributed by atoms with Crippen LogP contribution in [0, 0.1) is 0 Å². The lowest BCUT2D eigenvalue weighted by molar-refractivity contribution is -0.138. The molecule has 1 saturated heterocycles. The standard InChI is InChI=1S/C19H17F6N3S/c20-18(21,22)13-2-1-3-16(11-13)27-6-8-28(9-7-27)17(29)12-15-10-14(4-5-26-15)19(23,24)25/h1-5,10-11H,6-9,12H2. The van der Waals surface area contributed by atoms with E-state index < -0.39 is 23.5 Å². The lowest BCUT2D eigenvalue weighted by atomic mass is 10.1. The van der Waals surface area contributed by atoms with Gasteiger partial charge in [0, 0.05) is 50.2 Å². The number of hydrogen-bond acceptors (Lipinski definition) is 3. The Morgan fingerprint density at radius 1 is 0.897 bits per heavy atom. The van der Waals surface area contributed by atoms with E-state index in [4.69, 9.17) is 12.2 Å². The molecule has 2 aromatic rings. The van der Waals surface area contributed by atoms with E-state index in [9.17, 15) is 26.3 Å². The van der Waals surface area contributed by atoms with Crippen LogP contribution in [0.1, 0.15) is 16.8 Å². The monoisotopic (exact) mass is 433 g/mol. The lowest BCUT2D eigenvalue weighted by Crippen LogP contribution is -2.48. The van der Waals surface area contributed by atoms with Crippen LogP contribution in [0.2, 0.25) is 0 Å². The number of benzene rings is 1. The SMILES string of the molecule is FC(F)(F)c1cccc(N2CCN(C(=S)Cc3cc(C(F)(F)F)ccn3)CC2)c1. The number of anilines is 1. The van der Waals surface area contributed by atoms with E-state index in [1.54, 1.807) is 6.07 Å². The lowest BCUT2D eigenvalue weighted by Gasteiger charge is -2.37. The molecule has 1 fully saturated rings. The fourth-order valence-electron chi connectivity index (χ4n) is 3.11. The molecule has 3 rings (SSSR count). The molecule has 0 bridgehead atoms. The number of thiocarbonyl (C=S) groups is 1. The molecule has 1 aromatic heterocycles. The van der Waals surface area contributed by atoms with Gasteiger partial charge < -0.3 is 9.80 Å². The first kappa shape index (κ1) is 21.4. The minimum absolute atomic E-state index is 0.100. The van der Waals surface area contributed by atoms with E-state index in [2.05, 4.69) is 4.98 Å². The number of halogens is 6. The van der Waals surface area contributed by atoms with Crippen molar-refractivity contribution in [1.29, 1.82) is 0 Å². The molecule has 10 heteroatoms. The second-order valence-electron chi connectivity index (χ2n) is 6.63. The molecule has 2 heterocycles. The zero-order valence-corrected chi connectivity index (χ0v) is 15.9. The quantitative estimate of drug-likeness (QED) is 0.511. The molecular formula is C19H17F6N3S. The predicted octanol–water partition coefficient (Wildman–Crippen LogP) is 4.81. The highest BCUT2D eigenvalue weighted by molar-refractivity contribution is 7.80. The third kappa shape index (κ3) is 5.37. The van der Waals surface area contributed by atoms with Gasteiger partial charge in [-0.15, -0.1) is 0 Å². The summed E-state index contributed by atoms with van der Waals surface area (Å²) in [5.74, 6) is 0. The highest BCUT2D eigenvalue weighted by atomic mass is 32.1. The summed E-state index contributed by atoms with van der Waals surface area (Å²) in [4.78, 5) is 8.09. The summed E-state index contributed by atoms with van der Waals surface area (Å²) < 4.78 is 77.1. The van der Waals surface area contributed by atoms with Crippen LogP contribution in [0.3, 0.4) is 0 Å². The van der Waals surface area contributed by atoms with Crippen molar-refractivity contribution in [3.05, 3.63) is 59.4 Å². The Kier molecular flexibility index (Phi) is 6.02. The second kappa shape index (κ2) is 8.17. The number of nitrogens with zero attached hydrogens (tertiary/aromatic N) is 3. The molecule has 0 aliphatic carbocycles. The summed E-state index contributed by atoms with van der Waals surface area (Å²) >= 11 is 5.36. The number of aromatic nitrogens is 1. The van der Waals surface area contributed by atoms with E-state index >= 15 is 0 Å². The first-order chi connectivity index (χ1) is 13.5. The third-order valence-corrected chi connectivity index (χ3v) is 5.05. The summed E-state index contributed by atoms with van der Waals surface area (Å²) in [6.45, 7) is 1.84. The Labute approximate surface area is 168 Å². The molecule has 0 N–H and O–H groups in total. The highest BCUT2D eigenvalue weighted by Crippen LogP contribution is 2.32. The van der Waals surface area contributed by atoms with Gasteiger partial charge in [-0.3, -0.25) is 4.98 Å². The van der Waals surface area contributed by atoms with E-state index in [1.807, 2.05) is 9.80 Å². The molecule has 0 radical (unpaired) electrons. The van der Waals surface area contributed by atoms with E-state index in [0.29, 0.717) is 36.9 Å². The molecule has 1 aromatic carbocycles. The van der Waals surface area contributed by atoms with Crippen LogP contribution in [0.4, 0.5) is 32.0 Å². The first-order valence-corrected chi connectivity index (χ1v) is 9.17. The van der Waals surface area contributed by atoms with Crippen molar-refractivity contribution >= 4 is 22.9 Å². The minimum Gasteiger partial charge on any atom is -0.368 e. The molecular weight excluding hydrogens is 416 g/mol. The minimum atomic E-state index is -4.45. The largest absolute Gasteiger partial charge is 0.416 e. The average molecular weight is 433 g/mol. The van der Waals surface area contributed by atoms with Gasteiger partial charge in [-0.1, -0.05) is 18.3 Å². The van der Waals surface area contributed by atoms with Crippen LogP contribution in [-0.2, 0) is 18.8 Å². The maximum Gasteiger partial charge on any atom is 0.416 e. The second-order valence-corrected chi connectivity index (χ2v) is 7.10. The topological polar surface area (TPSA) is 19.4 Å². The Balaban J connectivity index is 1.60. The van der Waals surface area contributed by atoms with E-state index in [-0.39, 0.29) is 12.1 Å². The zero-order chi connectivity index (χ0) is 21.2. The Bertz CT molecular complexity index is 873. The van der Waals surface area contributed by atoms with Crippen molar-refractivity contribution < 1.29 is 26.3 Å². The summed E-state index contributed by atoms with van der Waals surface area (Å²) in [6.07, 6.45) is -7.65. The van der Waals surface area contributed by atoms with Gasteiger partial charge in [0.15, 0.2) is 0 Å². The maximum atomic E-state index is 12.9. The van der Waals surface area contributed by atoms with Gasteiger partial charge in [0.2, 0.25) is 0 Å². The molecule has 0 atom stereocenters. The van der Waals surface area contributed by atoms with Gasteiger partial charge in [0.25, 0.3) is 0 Å². The molecule has 0 saturated carbocycles. The fraction of sp³-hybridized carbons (Fsp3) is 0.368. The van der Waals surface area contributed by atoms with Gasteiger partial charge in [-0.2, -0.15) is 26.3 Å². The highest BCUT2D eigenvalue weighted by Gasteiger charge is 2.32. The van der Waals surface area contributed by atoms with Crippen molar-refractivity contribution in [2.75, 3.05) is 31.1 Å². The fourth-order valence-corrected chi connectivity index (χ4v) is 3.44.